The maximum atomic E-state index is 13.3. The van der Waals surface area contributed by atoms with Crippen molar-refractivity contribution in [2.24, 2.45) is 0 Å². The van der Waals surface area contributed by atoms with E-state index >= 15 is 0 Å². The van der Waals surface area contributed by atoms with E-state index in [1.807, 2.05) is 58.8 Å². The summed E-state index contributed by atoms with van der Waals surface area (Å²) in [6.45, 7) is 9.65. The molecule has 0 saturated carbocycles. The molecule has 4 rings (SSSR count). The minimum Gasteiger partial charge on any atom is -1.00 e. The second kappa shape index (κ2) is 11.2. The van der Waals surface area contributed by atoms with Gasteiger partial charge in [-0.15, -0.1) is 0 Å². The van der Waals surface area contributed by atoms with E-state index in [0.29, 0.717) is 48.6 Å². The minimum atomic E-state index is -4.44. The lowest BCUT2D eigenvalue weighted by molar-refractivity contribution is -0.670. The monoisotopic (exact) mass is 650 g/mol. The van der Waals surface area contributed by atoms with E-state index in [9.17, 15) is 26.3 Å². The minimum absolute atomic E-state index is 0. The van der Waals surface area contributed by atoms with Crippen LogP contribution < -0.4 is 38.3 Å². The number of aryl methyl sites for hydroxylation is 2. The number of rotatable bonds is 6. The van der Waals surface area contributed by atoms with Crippen molar-refractivity contribution in [3.63, 3.8) is 0 Å². The Bertz CT molecular complexity index is 1370. The van der Waals surface area contributed by atoms with Gasteiger partial charge < -0.3 is 33.8 Å². The Morgan fingerprint density at radius 3 is 1.89 bits per heavy atom. The first-order valence-corrected chi connectivity index (χ1v) is 12.2. The fourth-order valence-corrected chi connectivity index (χ4v) is 4.98. The van der Waals surface area contributed by atoms with Crippen molar-refractivity contribution in [2.45, 2.75) is 53.1 Å². The lowest BCUT2D eigenvalue weighted by Gasteiger charge is -2.23. The molecule has 1 aromatic heterocycles. The molecule has 0 atom stereocenters. The molecular weight excluding hydrogens is 621 g/mol. The number of anilines is 2. The number of hydrogen-bond acceptors (Lipinski definition) is 2. The summed E-state index contributed by atoms with van der Waals surface area (Å²) in [4.78, 5) is 3.78. The number of benzene rings is 2. The van der Waals surface area contributed by atoms with Gasteiger partial charge >= 0.3 is 12.4 Å². The topological polar surface area (TPSA) is 15.3 Å². The van der Waals surface area contributed by atoms with Crippen LogP contribution in [0.4, 0.5) is 37.7 Å². The molecule has 0 amide bonds. The van der Waals surface area contributed by atoms with Gasteiger partial charge in [0.2, 0.25) is 0 Å². The van der Waals surface area contributed by atoms with Crippen molar-refractivity contribution in [3.05, 3.63) is 71.3 Å². The van der Waals surface area contributed by atoms with Gasteiger partial charge in [0.15, 0.2) is 11.0 Å². The molecule has 2 aromatic carbocycles. The second-order valence-electron chi connectivity index (χ2n) is 8.62. The Labute approximate surface area is 234 Å². The van der Waals surface area contributed by atoms with Gasteiger partial charge in [-0.2, -0.15) is 26.3 Å². The summed E-state index contributed by atoms with van der Waals surface area (Å²) >= 11 is 0. The summed E-state index contributed by atoms with van der Waals surface area (Å²) in [5.74, 6) is 1.47. The maximum Gasteiger partial charge on any atom is 0.416 e. The van der Waals surface area contributed by atoms with E-state index in [-0.39, 0.29) is 24.0 Å². The summed E-state index contributed by atoms with van der Waals surface area (Å²) in [6, 6.07) is 7.51. The van der Waals surface area contributed by atoms with Crippen LogP contribution in [0.3, 0.4) is 0 Å². The van der Waals surface area contributed by atoms with Gasteiger partial charge in [-0.3, -0.25) is 0 Å². The zero-order valence-electron chi connectivity index (χ0n) is 21.5. The van der Waals surface area contributed by atoms with Gasteiger partial charge in [0, 0.05) is 25.2 Å². The number of hydrogen-bond donors (Lipinski definition) is 0. The molecule has 2 heterocycles. The van der Waals surface area contributed by atoms with Crippen LogP contribution in [0.1, 0.15) is 44.6 Å². The Morgan fingerprint density at radius 2 is 1.34 bits per heavy atom. The molecule has 3 aromatic rings. The Morgan fingerprint density at radius 1 is 0.763 bits per heavy atom. The smallest absolute Gasteiger partial charge is 0.416 e. The van der Waals surface area contributed by atoms with Crippen LogP contribution in [0.2, 0.25) is 0 Å². The quantitative estimate of drug-likeness (QED) is 0.226. The van der Waals surface area contributed by atoms with E-state index in [1.165, 1.54) is 24.3 Å². The normalized spacial score (nSPS) is 15.2. The maximum absolute atomic E-state index is 13.3. The van der Waals surface area contributed by atoms with Crippen molar-refractivity contribution >= 4 is 28.5 Å². The lowest BCUT2D eigenvalue weighted by atomic mass is 10.1. The molecule has 0 N–H and O–H groups in total. The molecule has 0 saturated heterocycles. The van der Waals surface area contributed by atoms with Gasteiger partial charge in [0.05, 0.1) is 35.6 Å². The number of halogens is 7. The first-order chi connectivity index (χ1) is 17.5. The van der Waals surface area contributed by atoms with Crippen molar-refractivity contribution < 1.29 is 54.9 Å². The van der Waals surface area contributed by atoms with Crippen LogP contribution >= 0.6 is 0 Å². The third-order valence-corrected chi connectivity index (χ3v) is 6.63. The first kappa shape index (κ1) is 29.9. The third kappa shape index (κ3) is 5.26. The second-order valence-corrected chi connectivity index (χ2v) is 8.62. The third-order valence-electron chi connectivity index (χ3n) is 6.63. The highest BCUT2D eigenvalue weighted by Gasteiger charge is 2.36. The van der Waals surface area contributed by atoms with Crippen molar-refractivity contribution in [3.8, 4) is 0 Å². The summed E-state index contributed by atoms with van der Waals surface area (Å²) < 4.78 is 83.9. The average Bonchev–Trinajstić information content (AvgIpc) is 3.32. The number of nitrogens with zero attached hydrogens (tertiary/aromatic N) is 4. The van der Waals surface area contributed by atoms with E-state index < -0.39 is 23.5 Å². The standard InChI is InChI=1S/C27H29F6N4.HI/c1-5-34-20-14-12-18(26(28,29)30)16-22(20)36(7-3)24(34)10-9-11-25-35(6-2)21-15-13-19(27(31,32)33)17-23(21)37(25)8-4;/h9-17H,5-8H2,1-4H3;1H/q+1;/p-1. The van der Waals surface area contributed by atoms with Crippen LogP contribution in [0.5, 0.6) is 0 Å². The first-order valence-electron chi connectivity index (χ1n) is 12.2. The number of allylic oxidation sites excluding steroid dienone is 2. The van der Waals surface area contributed by atoms with Crippen LogP contribution in [0, 0.1) is 0 Å². The zero-order chi connectivity index (χ0) is 27.1. The van der Waals surface area contributed by atoms with Gasteiger partial charge in [-0.1, -0.05) is 6.08 Å². The van der Waals surface area contributed by atoms with Crippen LogP contribution in [0.15, 0.2) is 54.4 Å². The largest absolute Gasteiger partial charge is 1.00 e. The van der Waals surface area contributed by atoms with Gasteiger partial charge in [-0.05, 0) is 64.1 Å². The number of aromatic nitrogens is 2. The molecule has 0 aliphatic carbocycles. The molecular formula is C27H29F6IN4. The molecule has 4 nitrogen and oxygen atoms in total. The van der Waals surface area contributed by atoms with Crippen LogP contribution in [-0.4, -0.2) is 17.7 Å². The molecule has 38 heavy (non-hydrogen) atoms. The molecule has 206 valence electrons. The zero-order valence-corrected chi connectivity index (χ0v) is 23.6. The number of fused-ring (bicyclic) bond motifs is 2. The molecule has 0 fully saturated rings. The fourth-order valence-electron chi connectivity index (χ4n) is 4.98. The van der Waals surface area contributed by atoms with Crippen LogP contribution in [0.25, 0.3) is 17.1 Å². The molecule has 11 heteroatoms. The molecule has 0 radical (unpaired) electrons. The van der Waals surface area contributed by atoms with E-state index in [1.54, 1.807) is 6.08 Å². The number of alkyl halides is 6. The summed E-state index contributed by atoms with van der Waals surface area (Å²) in [5, 5.41) is 0. The predicted octanol–water partition coefficient (Wildman–Crippen LogP) is 4.23. The molecule has 0 bridgehead atoms. The Hall–Kier alpha value is -2.70. The molecule has 0 unspecified atom stereocenters. The lowest BCUT2D eigenvalue weighted by Crippen LogP contribution is -3.00. The summed E-state index contributed by atoms with van der Waals surface area (Å²) in [7, 11) is 0. The summed E-state index contributed by atoms with van der Waals surface area (Å²) in [6.07, 6.45) is -3.41. The highest BCUT2D eigenvalue weighted by atomic mass is 127. The SMILES string of the molecule is CCN1C(=CC=Cc2n(CC)c3cc(C(F)(F)F)ccc3[n+]2CC)N(CC)c2cc(C(F)(F)F)ccc21.[I-]. The predicted molar refractivity (Wildman–Crippen MR) is 133 cm³/mol. The Kier molecular flexibility index (Phi) is 8.79. The van der Waals surface area contributed by atoms with Crippen LogP contribution in [-0.2, 0) is 25.4 Å². The van der Waals surface area contributed by atoms with E-state index in [4.69, 9.17) is 0 Å². The Balaban J connectivity index is 0.00000400. The van der Waals surface area contributed by atoms with Gasteiger partial charge in [-0.25, -0.2) is 9.13 Å². The molecule has 1 aliphatic heterocycles. The van der Waals surface area contributed by atoms with Gasteiger partial charge in [0.1, 0.15) is 5.82 Å². The highest BCUT2D eigenvalue weighted by Crippen LogP contribution is 2.44. The average molecular weight is 650 g/mol. The van der Waals surface area contributed by atoms with Crippen molar-refractivity contribution in [2.75, 3.05) is 22.9 Å². The molecule has 0 spiro atoms. The number of imidazole rings is 1. The fraction of sp³-hybridized carbons (Fsp3) is 0.370. The van der Waals surface area contributed by atoms with E-state index in [0.717, 1.165) is 23.8 Å². The van der Waals surface area contributed by atoms with Crippen molar-refractivity contribution in [1.82, 2.24) is 4.57 Å². The summed E-state index contributed by atoms with van der Waals surface area (Å²) in [5.41, 5.74) is 0.972. The van der Waals surface area contributed by atoms with Crippen molar-refractivity contribution in [1.29, 1.82) is 0 Å². The van der Waals surface area contributed by atoms with Gasteiger partial charge in [0.25, 0.3) is 5.82 Å². The molecule has 1 aliphatic rings. The van der Waals surface area contributed by atoms with E-state index in [2.05, 4.69) is 0 Å². The highest BCUT2D eigenvalue weighted by molar-refractivity contribution is 5.83.